The van der Waals surface area contributed by atoms with Crippen LogP contribution in [0.1, 0.15) is 25.7 Å². The second-order valence-electron chi connectivity index (χ2n) is 4.58. The van der Waals surface area contributed by atoms with Crippen LogP contribution in [0.4, 0.5) is 13.2 Å². The molecule has 1 saturated heterocycles. The Kier molecular flexibility index (Phi) is 2.86. The maximum atomic E-state index is 12.6. The van der Waals surface area contributed by atoms with Gasteiger partial charge in [-0.05, 0) is 38.8 Å². The van der Waals surface area contributed by atoms with E-state index < -0.39 is 17.5 Å². The molecule has 6 heteroatoms. The highest BCUT2D eigenvalue weighted by atomic mass is 19.4. The van der Waals surface area contributed by atoms with Gasteiger partial charge in [0.05, 0.1) is 0 Å². The van der Waals surface area contributed by atoms with Gasteiger partial charge in [-0.1, -0.05) is 0 Å². The van der Waals surface area contributed by atoms with Gasteiger partial charge >= 0.3 is 6.18 Å². The highest BCUT2D eigenvalue weighted by Gasteiger charge is 2.68. The van der Waals surface area contributed by atoms with Crippen LogP contribution < -0.4 is 10.6 Å². The van der Waals surface area contributed by atoms with Gasteiger partial charge in [-0.15, -0.1) is 0 Å². The molecule has 3 nitrogen and oxygen atoms in total. The number of rotatable bonds is 2. The zero-order valence-electron chi connectivity index (χ0n) is 8.86. The molecule has 0 bridgehead atoms. The van der Waals surface area contributed by atoms with E-state index in [-0.39, 0.29) is 18.9 Å². The molecular formula is C10H15F3N2O. The van der Waals surface area contributed by atoms with E-state index in [0.29, 0.717) is 12.8 Å². The molecule has 1 heterocycles. The van der Waals surface area contributed by atoms with E-state index in [1.165, 1.54) is 0 Å². The highest BCUT2D eigenvalue weighted by Crippen LogP contribution is 2.57. The summed E-state index contributed by atoms with van der Waals surface area (Å²) in [5.41, 5.74) is -2.07. The Morgan fingerprint density at radius 2 is 1.81 bits per heavy atom. The third-order valence-electron chi connectivity index (χ3n) is 3.40. The summed E-state index contributed by atoms with van der Waals surface area (Å²) < 4.78 is 37.9. The molecule has 1 aliphatic heterocycles. The second kappa shape index (κ2) is 3.91. The van der Waals surface area contributed by atoms with Crippen molar-refractivity contribution >= 4 is 5.91 Å². The molecule has 0 radical (unpaired) electrons. The molecular weight excluding hydrogens is 221 g/mol. The van der Waals surface area contributed by atoms with Gasteiger partial charge in [0.15, 0.2) is 0 Å². The van der Waals surface area contributed by atoms with E-state index in [1.807, 2.05) is 0 Å². The molecule has 0 unspecified atom stereocenters. The fourth-order valence-electron chi connectivity index (χ4n) is 2.05. The molecule has 1 aliphatic carbocycles. The van der Waals surface area contributed by atoms with Crippen LogP contribution >= 0.6 is 0 Å². The van der Waals surface area contributed by atoms with E-state index in [1.54, 1.807) is 0 Å². The first kappa shape index (κ1) is 11.7. The smallest absolute Gasteiger partial charge is 0.352 e. The summed E-state index contributed by atoms with van der Waals surface area (Å²) in [7, 11) is 0. The van der Waals surface area contributed by atoms with E-state index in [9.17, 15) is 18.0 Å². The second-order valence-corrected chi connectivity index (χ2v) is 4.58. The average Bonchev–Trinajstić information content (AvgIpc) is 2.98. The number of hydrogen-bond donors (Lipinski definition) is 2. The normalized spacial score (nSPS) is 25.2. The predicted molar refractivity (Wildman–Crippen MR) is 51.8 cm³/mol. The quantitative estimate of drug-likeness (QED) is 0.756. The molecule has 0 aromatic carbocycles. The summed E-state index contributed by atoms with van der Waals surface area (Å²) in [5, 5.41) is 5.63. The van der Waals surface area contributed by atoms with Gasteiger partial charge in [-0.25, -0.2) is 0 Å². The number of nitrogens with one attached hydrogen (secondary N) is 2. The maximum Gasteiger partial charge on any atom is 0.403 e. The van der Waals surface area contributed by atoms with Crippen LogP contribution in [0.2, 0.25) is 0 Å². The molecule has 2 fully saturated rings. The monoisotopic (exact) mass is 236 g/mol. The SMILES string of the molecule is O=C(NC1CCNCC1)C1(C(F)(F)F)CC1. The Bertz CT molecular complexity index is 280. The molecule has 1 saturated carbocycles. The highest BCUT2D eigenvalue weighted by molar-refractivity contribution is 5.86. The van der Waals surface area contributed by atoms with Crippen molar-refractivity contribution in [2.45, 2.75) is 37.9 Å². The van der Waals surface area contributed by atoms with Crippen molar-refractivity contribution in [3.05, 3.63) is 0 Å². The molecule has 1 amide bonds. The van der Waals surface area contributed by atoms with Gasteiger partial charge < -0.3 is 10.6 Å². The summed E-state index contributed by atoms with van der Waals surface area (Å²) in [4.78, 5) is 11.6. The topological polar surface area (TPSA) is 41.1 Å². The molecule has 0 aromatic rings. The minimum absolute atomic E-state index is 0.0622. The molecule has 2 N–H and O–H groups in total. The number of piperidine rings is 1. The molecule has 0 atom stereocenters. The van der Waals surface area contributed by atoms with Crippen LogP contribution in [0.3, 0.4) is 0 Å². The lowest BCUT2D eigenvalue weighted by molar-refractivity contribution is -0.192. The van der Waals surface area contributed by atoms with Crippen LogP contribution in [0.5, 0.6) is 0 Å². The third kappa shape index (κ3) is 2.03. The zero-order valence-corrected chi connectivity index (χ0v) is 8.86. The fourth-order valence-corrected chi connectivity index (χ4v) is 2.05. The Balaban J connectivity index is 1.93. The lowest BCUT2D eigenvalue weighted by atomic mass is 10.0. The summed E-state index contributed by atoms with van der Waals surface area (Å²) in [6.45, 7) is 1.51. The zero-order chi connectivity index (χ0) is 11.8. The van der Waals surface area contributed by atoms with Crippen molar-refractivity contribution in [3.8, 4) is 0 Å². The fraction of sp³-hybridized carbons (Fsp3) is 0.900. The van der Waals surface area contributed by atoms with Crippen molar-refractivity contribution in [1.29, 1.82) is 0 Å². The van der Waals surface area contributed by atoms with E-state index in [4.69, 9.17) is 0 Å². The summed E-state index contributed by atoms with van der Waals surface area (Å²) in [5.74, 6) is -0.827. The van der Waals surface area contributed by atoms with Crippen LogP contribution in [-0.2, 0) is 4.79 Å². The molecule has 2 aliphatic rings. The molecule has 0 spiro atoms. The van der Waals surface area contributed by atoms with Crippen LogP contribution in [0.25, 0.3) is 0 Å². The van der Waals surface area contributed by atoms with Gasteiger partial charge in [0.2, 0.25) is 5.91 Å². The first-order chi connectivity index (χ1) is 7.46. The van der Waals surface area contributed by atoms with Crippen molar-refractivity contribution in [2.75, 3.05) is 13.1 Å². The van der Waals surface area contributed by atoms with Crippen molar-refractivity contribution < 1.29 is 18.0 Å². The van der Waals surface area contributed by atoms with Gasteiger partial charge in [0.1, 0.15) is 5.41 Å². The van der Waals surface area contributed by atoms with E-state index in [0.717, 1.165) is 13.1 Å². The predicted octanol–water partition coefficient (Wildman–Crippen LogP) is 1.20. The summed E-state index contributed by atoms with van der Waals surface area (Å²) >= 11 is 0. The Morgan fingerprint density at radius 1 is 1.25 bits per heavy atom. The lowest BCUT2D eigenvalue weighted by Gasteiger charge is -2.26. The average molecular weight is 236 g/mol. The largest absolute Gasteiger partial charge is 0.403 e. The molecule has 2 rings (SSSR count). The standard InChI is InChI=1S/C10H15F3N2O/c11-10(12,13)9(3-4-9)8(16)15-7-1-5-14-6-2-7/h7,14H,1-6H2,(H,15,16). The van der Waals surface area contributed by atoms with Crippen molar-refractivity contribution in [1.82, 2.24) is 10.6 Å². The van der Waals surface area contributed by atoms with Gasteiger partial charge in [-0.2, -0.15) is 13.2 Å². The van der Waals surface area contributed by atoms with E-state index >= 15 is 0 Å². The maximum absolute atomic E-state index is 12.6. The minimum atomic E-state index is -4.40. The number of alkyl halides is 3. The van der Waals surface area contributed by atoms with Crippen LogP contribution in [0.15, 0.2) is 0 Å². The number of hydrogen-bond acceptors (Lipinski definition) is 2. The Labute approximate surface area is 91.8 Å². The minimum Gasteiger partial charge on any atom is -0.352 e. The van der Waals surface area contributed by atoms with E-state index in [2.05, 4.69) is 10.6 Å². The van der Waals surface area contributed by atoms with Gasteiger partial charge in [-0.3, -0.25) is 4.79 Å². The summed E-state index contributed by atoms with van der Waals surface area (Å²) in [6, 6.07) is -0.103. The lowest BCUT2D eigenvalue weighted by Crippen LogP contribution is -2.48. The Hall–Kier alpha value is -0.780. The molecule has 92 valence electrons. The number of halogens is 3. The van der Waals surface area contributed by atoms with Crippen LogP contribution in [0, 0.1) is 5.41 Å². The van der Waals surface area contributed by atoms with Gasteiger partial charge in [0, 0.05) is 6.04 Å². The number of carbonyl (C=O) groups excluding carboxylic acids is 1. The van der Waals surface area contributed by atoms with Crippen LogP contribution in [-0.4, -0.2) is 31.2 Å². The number of amides is 1. The van der Waals surface area contributed by atoms with Crippen molar-refractivity contribution in [2.24, 2.45) is 5.41 Å². The Morgan fingerprint density at radius 3 is 2.25 bits per heavy atom. The molecule has 0 aromatic heterocycles. The first-order valence-electron chi connectivity index (χ1n) is 5.54. The molecule has 16 heavy (non-hydrogen) atoms. The summed E-state index contributed by atoms with van der Waals surface area (Å²) in [6.07, 6.45) is -3.11. The van der Waals surface area contributed by atoms with Crippen molar-refractivity contribution in [3.63, 3.8) is 0 Å². The number of carbonyl (C=O) groups is 1. The van der Waals surface area contributed by atoms with Gasteiger partial charge in [0.25, 0.3) is 0 Å². The first-order valence-corrected chi connectivity index (χ1v) is 5.54. The third-order valence-corrected chi connectivity index (χ3v) is 3.40.